The van der Waals surface area contributed by atoms with Crippen LogP contribution in [0.2, 0.25) is 0 Å². The van der Waals surface area contributed by atoms with E-state index in [0.717, 1.165) is 63.8 Å². The number of hydrogen-bond acceptors (Lipinski definition) is 5. The molecule has 7 heteroatoms. The lowest BCUT2D eigenvalue weighted by atomic mass is 9.83. The number of esters is 1. The molecule has 0 bridgehead atoms. The zero-order valence-electron chi connectivity index (χ0n) is 16.6. The van der Waals surface area contributed by atoms with E-state index in [1.807, 2.05) is 24.3 Å². The number of anilines is 1. The third-order valence-corrected chi connectivity index (χ3v) is 5.78. The molecular weight excluding hydrogens is 378 g/mol. The maximum Gasteiger partial charge on any atom is 0.305 e. The minimum absolute atomic E-state index is 0. The van der Waals surface area contributed by atoms with Crippen molar-refractivity contribution in [2.24, 2.45) is 5.92 Å². The number of amides is 1. The highest BCUT2D eigenvalue weighted by molar-refractivity contribution is 5.94. The second-order valence-electron chi connectivity index (χ2n) is 7.59. The average Bonchev–Trinajstić information content (AvgIpc) is 2.73. The molecule has 1 amide bonds. The average molecular weight is 410 g/mol. The minimum Gasteiger partial charge on any atom is -0.469 e. The highest BCUT2D eigenvalue weighted by Gasteiger charge is 2.23. The van der Waals surface area contributed by atoms with Crippen LogP contribution in [0.5, 0.6) is 0 Å². The maximum absolute atomic E-state index is 12.5. The Hall–Kier alpha value is -1.79. The van der Waals surface area contributed by atoms with Gasteiger partial charge >= 0.3 is 5.97 Å². The summed E-state index contributed by atoms with van der Waals surface area (Å²) in [5.74, 6) is 0.449. The first-order chi connectivity index (χ1) is 13.2. The van der Waals surface area contributed by atoms with Crippen molar-refractivity contribution in [2.75, 3.05) is 38.2 Å². The van der Waals surface area contributed by atoms with Gasteiger partial charge in [0.05, 0.1) is 7.11 Å². The summed E-state index contributed by atoms with van der Waals surface area (Å²) in [7, 11) is 1.44. The summed E-state index contributed by atoms with van der Waals surface area (Å²) in [4.78, 5) is 26.1. The molecular formula is C21H32ClN3O3. The van der Waals surface area contributed by atoms with E-state index in [2.05, 4.69) is 15.5 Å². The van der Waals surface area contributed by atoms with Crippen LogP contribution in [0, 0.1) is 5.92 Å². The number of halogens is 1. The van der Waals surface area contributed by atoms with Gasteiger partial charge in [-0.25, -0.2) is 0 Å². The number of nitrogens with zero attached hydrogens (tertiary/aromatic N) is 1. The Labute approximate surface area is 173 Å². The van der Waals surface area contributed by atoms with Gasteiger partial charge in [-0.3, -0.25) is 9.59 Å². The fourth-order valence-electron chi connectivity index (χ4n) is 4.03. The summed E-state index contributed by atoms with van der Waals surface area (Å²) in [5.41, 5.74) is 1.90. The van der Waals surface area contributed by atoms with Gasteiger partial charge in [-0.15, -0.1) is 12.4 Å². The summed E-state index contributed by atoms with van der Waals surface area (Å²) in [5, 5.41) is 6.53. The number of methoxy groups -OCH3 is 1. The standard InChI is InChI=1S/C21H31N3O3.ClH/c1-27-20(25)11-4-16-2-7-18(8-3-16)23-21(26)17-5-9-19(10-6-17)24-14-12-22-13-15-24;/h5-6,9-10,16,18,22H,2-4,7-8,11-15H2,1H3,(H,23,26);1H/t16-,18-;. The number of carbonyl (C=O) groups is 2. The molecule has 1 saturated heterocycles. The molecule has 2 N–H and O–H groups in total. The van der Waals surface area contributed by atoms with Crippen molar-refractivity contribution in [3.63, 3.8) is 0 Å². The lowest BCUT2D eigenvalue weighted by Crippen LogP contribution is -2.43. The normalized spacial score (nSPS) is 22.1. The Morgan fingerprint density at radius 3 is 2.36 bits per heavy atom. The van der Waals surface area contributed by atoms with Crippen LogP contribution in [0.25, 0.3) is 0 Å². The smallest absolute Gasteiger partial charge is 0.305 e. The predicted molar refractivity (Wildman–Crippen MR) is 113 cm³/mol. The van der Waals surface area contributed by atoms with Gasteiger partial charge in [-0.1, -0.05) is 0 Å². The topological polar surface area (TPSA) is 70.7 Å². The summed E-state index contributed by atoms with van der Waals surface area (Å²) in [6.07, 6.45) is 5.47. The Balaban J connectivity index is 0.00000280. The third-order valence-electron chi connectivity index (χ3n) is 5.78. The first-order valence-corrected chi connectivity index (χ1v) is 10.1. The lowest BCUT2D eigenvalue weighted by Gasteiger charge is -2.30. The van der Waals surface area contributed by atoms with Crippen molar-refractivity contribution in [2.45, 2.75) is 44.6 Å². The SMILES string of the molecule is COC(=O)CC[C@H]1CC[C@H](NC(=O)c2ccc(N3CCNCC3)cc2)CC1.Cl. The van der Waals surface area contributed by atoms with E-state index in [1.54, 1.807) is 0 Å². The van der Waals surface area contributed by atoms with E-state index < -0.39 is 0 Å². The van der Waals surface area contributed by atoms with Gasteiger partial charge in [-0.05, 0) is 62.3 Å². The maximum atomic E-state index is 12.5. The molecule has 0 unspecified atom stereocenters. The Bertz CT molecular complexity index is 624. The molecule has 0 radical (unpaired) electrons. The molecule has 1 aliphatic heterocycles. The number of carbonyl (C=O) groups excluding carboxylic acids is 2. The van der Waals surface area contributed by atoms with Crippen LogP contribution in [-0.2, 0) is 9.53 Å². The second kappa shape index (κ2) is 11.3. The largest absolute Gasteiger partial charge is 0.469 e. The number of rotatable bonds is 6. The second-order valence-corrected chi connectivity index (χ2v) is 7.59. The van der Waals surface area contributed by atoms with Gasteiger partial charge in [-0.2, -0.15) is 0 Å². The van der Waals surface area contributed by atoms with Crippen molar-refractivity contribution in [1.82, 2.24) is 10.6 Å². The predicted octanol–water partition coefficient (Wildman–Crippen LogP) is 2.76. The van der Waals surface area contributed by atoms with Gasteiger partial charge in [0, 0.05) is 49.9 Å². The summed E-state index contributed by atoms with van der Waals surface area (Å²) in [6.45, 7) is 4.02. The first kappa shape index (κ1) is 22.5. The van der Waals surface area contributed by atoms with Crippen molar-refractivity contribution in [3.05, 3.63) is 29.8 Å². The van der Waals surface area contributed by atoms with Gasteiger partial charge in [0.25, 0.3) is 5.91 Å². The molecule has 1 saturated carbocycles. The van der Waals surface area contributed by atoms with Crippen LogP contribution in [-0.4, -0.2) is 51.2 Å². The number of hydrogen-bond donors (Lipinski definition) is 2. The fraction of sp³-hybridized carbons (Fsp3) is 0.619. The molecule has 0 spiro atoms. The molecule has 1 heterocycles. The van der Waals surface area contributed by atoms with Crippen LogP contribution >= 0.6 is 12.4 Å². The lowest BCUT2D eigenvalue weighted by molar-refractivity contribution is -0.141. The molecule has 3 rings (SSSR count). The van der Waals surface area contributed by atoms with Crippen molar-refractivity contribution in [1.29, 1.82) is 0 Å². The number of benzene rings is 1. The van der Waals surface area contributed by atoms with Crippen LogP contribution in [0.3, 0.4) is 0 Å². The summed E-state index contributed by atoms with van der Waals surface area (Å²) < 4.78 is 4.71. The number of nitrogens with one attached hydrogen (secondary N) is 2. The monoisotopic (exact) mass is 409 g/mol. The van der Waals surface area contributed by atoms with Crippen molar-refractivity contribution in [3.8, 4) is 0 Å². The molecule has 2 fully saturated rings. The Morgan fingerprint density at radius 1 is 1.11 bits per heavy atom. The van der Waals surface area contributed by atoms with Gasteiger partial charge < -0.3 is 20.3 Å². The van der Waals surface area contributed by atoms with Crippen molar-refractivity contribution < 1.29 is 14.3 Å². The zero-order chi connectivity index (χ0) is 19.1. The van der Waals surface area contributed by atoms with E-state index in [-0.39, 0.29) is 30.3 Å². The molecule has 1 aromatic rings. The summed E-state index contributed by atoms with van der Waals surface area (Å²) >= 11 is 0. The van der Waals surface area contributed by atoms with Crippen LogP contribution in [0.1, 0.15) is 48.9 Å². The molecule has 0 aromatic heterocycles. The summed E-state index contributed by atoms with van der Waals surface area (Å²) in [6, 6.07) is 8.18. The van der Waals surface area contributed by atoms with Crippen LogP contribution in [0.4, 0.5) is 5.69 Å². The van der Waals surface area contributed by atoms with E-state index in [9.17, 15) is 9.59 Å². The van der Waals surface area contributed by atoms with E-state index >= 15 is 0 Å². The molecule has 6 nitrogen and oxygen atoms in total. The highest BCUT2D eigenvalue weighted by Crippen LogP contribution is 2.28. The molecule has 1 aromatic carbocycles. The number of ether oxygens (including phenoxy) is 1. The van der Waals surface area contributed by atoms with E-state index in [1.165, 1.54) is 12.8 Å². The molecule has 0 atom stereocenters. The molecule has 1 aliphatic carbocycles. The third kappa shape index (κ3) is 6.38. The fourth-order valence-corrected chi connectivity index (χ4v) is 4.03. The minimum atomic E-state index is -0.130. The molecule has 2 aliphatic rings. The Morgan fingerprint density at radius 2 is 1.75 bits per heavy atom. The van der Waals surface area contributed by atoms with Gasteiger partial charge in [0.2, 0.25) is 0 Å². The first-order valence-electron chi connectivity index (χ1n) is 10.1. The van der Waals surface area contributed by atoms with E-state index in [4.69, 9.17) is 4.74 Å². The quantitative estimate of drug-likeness (QED) is 0.707. The van der Waals surface area contributed by atoms with Gasteiger partial charge in [0.15, 0.2) is 0 Å². The van der Waals surface area contributed by atoms with Crippen LogP contribution in [0.15, 0.2) is 24.3 Å². The highest BCUT2D eigenvalue weighted by atomic mass is 35.5. The van der Waals surface area contributed by atoms with E-state index in [0.29, 0.717) is 12.3 Å². The Kier molecular flexibility index (Phi) is 9.06. The van der Waals surface area contributed by atoms with Crippen molar-refractivity contribution >= 4 is 30.0 Å². The molecule has 156 valence electrons. The zero-order valence-corrected chi connectivity index (χ0v) is 17.4. The van der Waals surface area contributed by atoms with Crippen LogP contribution < -0.4 is 15.5 Å². The van der Waals surface area contributed by atoms with Gasteiger partial charge in [0.1, 0.15) is 0 Å². The molecule has 28 heavy (non-hydrogen) atoms. The number of piperazine rings is 1.